The van der Waals surface area contributed by atoms with Crippen LogP contribution in [-0.2, 0) is 16.1 Å². The Bertz CT molecular complexity index is 617. The van der Waals surface area contributed by atoms with Crippen molar-refractivity contribution >= 4 is 40.8 Å². The number of carbonyl (C=O) groups excluding carboxylic acids is 1. The number of nitrogens with one attached hydrogen (secondary N) is 1. The summed E-state index contributed by atoms with van der Waals surface area (Å²) in [6.07, 6.45) is 0.282. The molecule has 1 aromatic carbocycles. The van der Waals surface area contributed by atoms with Gasteiger partial charge in [0.25, 0.3) is 0 Å². The fourth-order valence-corrected chi connectivity index (χ4v) is 2.18. The zero-order valence-electron chi connectivity index (χ0n) is 9.20. The van der Waals surface area contributed by atoms with Gasteiger partial charge in [-0.25, -0.2) is 0 Å². The number of fused-ring (bicyclic) bond motifs is 1. The number of nitrogens with zero attached hydrogens (tertiary/aromatic N) is 1. The van der Waals surface area contributed by atoms with Crippen molar-refractivity contribution in [1.29, 1.82) is 0 Å². The lowest BCUT2D eigenvalue weighted by Crippen LogP contribution is -2.06. The zero-order valence-corrected chi connectivity index (χ0v) is 10.8. The Morgan fingerprint density at radius 3 is 3.06 bits per heavy atom. The Hall–Kier alpha value is -1.33. The summed E-state index contributed by atoms with van der Waals surface area (Å²) in [7, 11) is 1.37. The number of aryl methyl sites for hydroxylation is 1. The molecular formula is C11H11ClN2O2S. The van der Waals surface area contributed by atoms with Gasteiger partial charge in [0.2, 0.25) is 0 Å². The minimum Gasteiger partial charge on any atom is -0.469 e. The number of halogens is 1. The van der Waals surface area contributed by atoms with Gasteiger partial charge in [-0.05, 0) is 24.4 Å². The number of methoxy groups -OCH3 is 1. The van der Waals surface area contributed by atoms with Gasteiger partial charge in [-0.1, -0.05) is 17.7 Å². The molecule has 0 aliphatic heterocycles. The number of carbonyl (C=O) groups is 1. The molecule has 0 spiro atoms. The quantitative estimate of drug-likeness (QED) is 0.689. The largest absolute Gasteiger partial charge is 0.469 e. The van der Waals surface area contributed by atoms with Crippen LogP contribution in [0, 0.1) is 4.77 Å². The van der Waals surface area contributed by atoms with Crippen molar-refractivity contribution in [3.63, 3.8) is 0 Å². The highest BCUT2D eigenvalue weighted by molar-refractivity contribution is 7.71. The van der Waals surface area contributed by atoms with E-state index in [0.717, 1.165) is 11.0 Å². The molecule has 0 bridgehead atoms. The van der Waals surface area contributed by atoms with Crippen LogP contribution in [0.25, 0.3) is 11.0 Å². The van der Waals surface area contributed by atoms with Crippen molar-refractivity contribution in [3.05, 3.63) is 28.0 Å². The standard InChI is InChI=1S/C11H11ClN2O2S/c1-16-9(15)5-6-14-8-4-2-3-7(12)10(8)13-11(14)17/h2-4H,5-6H2,1H3,(H,13,17). The molecule has 4 nitrogen and oxygen atoms in total. The van der Waals surface area contributed by atoms with E-state index in [9.17, 15) is 4.79 Å². The smallest absolute Gasteiger partial charge is 0.307 e. The van der Waals surface area contributed by atoms with Crippen LogP contribution in [0.1, 0.15) is 6.42 Å². The molecule has 2 rings (SSSR count). The Balaban J connectivity index is 2.40. The number of hydrogen-bond acceptors (Lipinski definition) is 3. The zero-order chi connectivity index (χ0) is 12.4. The third kappa shape index (κ3) is 2.35. The summed E-state index contributed by atoms with van der Waals surface area (Å²) in [5.74, 6) is -0.261. The molecule has 2 aromatic rings. The van der Waals surface area contributed by atoms with E-state index >= 15 is 0 Å². The van der Waals surface area contributed by atoms with Crippen molar-refractivity contribution in [2.45, 2.75) is 13.0 Å². The van der Waals surface area contributed by atoms with E-state index < -0.39 is 0 Å². The van der Waals surface area contributed by atoms with E-state index in [1.54, 1.807) is 6.07 Å². The molecule has 0 fully saturated rings. The van der Waals surface area contributed by atoms with Crippen LogP contribution in [0.4, 0.5) is 0 Å². The molecule has 90 valence electrons. The third-order valence-electron chi connectivity index (χ3n) is 2.53. The maximum Gasteiger partial charge on any atom is 0.307 e. The van der Waals surface area contributed by atoms with Crippen LogP contribution in [0.3, 0.4) is 0 Å². The second kappa shape index (κ2) is 4.89. The molecule has 0 aliphatic rings. The van der Waals surface area contributed by atoms with Crippen molar-refractivity contribution < 1.29 is 9.53 Å². The van der Waals surface area contributed by atoms with E-state index in [4.69, 9.17) is 23.8 Å². The predicted octanol–water partition coefficient (Wildman–Crippen LogP) is 2.92. The molecule has 0 radical (unpaired) electrons. The normalized spacial score (nSPS) is 10.7. The Morgan fingerprint density at radius 2 is 2.35 bits per heavy atom. The lowest BCUT2D eigenvalue weighted by atomic mass is 10.3. The van der Waals surface area contributed by atoms with Gasteiger partial charge in [-0.3, -0.25) is 4.79 Å². The first-order valence-corrected chi connectivity index (χ1v) is 5.86. The number of imidazole rings is 1. The average molecular weight is 271 g/mol. The summed E-state index contributed by atoms with van der Waals surface area (Å²) in [4.78, 5) is 14.1. The van der Waals surface area contributed by atoms with Crippen molar-refractivity contribution in [2.75, 3.05) is 7.11 Å². The molecule has 0 saturated heterocycles. The average Bonchev–Trinajstić information content (AvgIpc) is 2.64. The highest BCUT2D eigenvalue weighted by Gasteiger charge is 2.08. The lowest BCUT2D eigenvalue weighted by molar-refractivity contribution is -0.140. The summed E-state index contributed by atoms with van der Waals surface area (Å²) >= 11 is 11.2. The SMILES string of the molecule is COC(=O)CCn1c(=S)[nH]c2c(Cl)cccc21. The van der Waals surface area contributed by atoms with Gasteiger partial charge in [-0.2, -0.15) is 0 Å². The summed E-state index contributed by atoms with van der Waals surface area (Å²) in [5.41, 5.74) is 1.69. The molecule has 1 aromatic heterocycles. The fraction of sp³-hybridized carbons (Fsp3) is 0.273. The Labute approximate surface area is 108 Å². The molecule has 0 unspecified atom stereocenters. The molecule has 0 amide bonds. The number of rotatable bonds is 3. The van der Waals surface area contributed by atoms with Gasteiger partial charge >= 0.3 is 5.97 Å². The molecule has 17 heavy (non-hydrogen) atoms. The minimum atomic E-state index is -0.261. The summed E-state index contributed by atoms with van der Waals surface area (Å²) in [6, 6.07) is 5.55. The molecule has 0 atom stereocenters. The van der Waals surface area contributed by atoms with Crippen molar-refractivity contribution in [3.8, 4) is 0 Å². The molecule has 1 N–H and O–H groups in total. The minimum absolute atomic E-state index is 0.261. The Morgan fingerprint density at radius 1 is 1.59 bits per heavy atom. The van der Waals surface area contributed by atoms with Gasteiger partial charge in [0.05, 0.1) is 29.6 Å². The predicted molar refractivity (Wildman–Crippen MR) is 68.8 cm³/mol. The fourth-order valence-electron chi connectivity index (χ4n) is 1.67. The van der Waals surface area contributed by atoms with Gasteiger partial charge in [0.15, 0.2) is 4.77 Å². The van der Waals surface area contributed by atoms with Gasteiger partial charge in [0.1, 0.15) is 0 Å². The summed E-state index contributed by atoms with van der Waals surface area (Å²) in [5, 5.41) is 0.616. The Kier molecular flexibility index (Phi) is 3.49. The molecule has 0 saturated carbocycles. The maximum atomic E-state index is 11.1. The van der Waals surface area contributed by atoms with Gasteiger partial charge in [0, 0.05) is 6.54 Å². The first-order valence-electron chi connectivity index (χ1n) is 5.07. The summed E-state index contributed by atoms with van der Waals surface area (Å²) < 4.78 is 7.00. The second-order valence-electron chi connectivity index (χ2n) is 3.54. The number of benzene rings is 1. The highest BCUT2D eigenvalue weighted by Crippen LogP contribution is 2.22. The number of aromatic nitrogens is 2. The first-order chi connectivity index (χ1) is 8.13. The first kappa shape index (κ1) is 12.1. The number of esters is 1. The highest BCUT2D eigenvalue weighted by atomic mass is 35.5. The van der Waals surface area contributed by atoms with Crippen molar-refractivity contribution in [1.82, 2.24) is 9.55 Å². The third-order valence-corrected chi connectivity index (χ3v) is 3.16. The van der Waals surface area contributed by atoms with E-state index in [2.05, 4.69) is 9.72 Å². The number of H-pyrrole nitrogens is 1. The van der Waals surface area contributed by atoms with Crippen LogP contribution in [0.5, 0.6) is 0 Å². The van der Waals surface area contributed by atoms with Crippen LogP contribution in [0.2, 0.25) is 5.02 Å². The van der Waals surface area contributed by atoms with E-state index in [0.29, 0.717) is 16.3 Å². The molecular weight excluding hydrogens is 260 g/mol. The lowest BCUT2D eigenvalue weighted by Gasteiger charge is -2.03. The molecule has 1 heterocycles. The number of aromatic amines is 1. The second-order valence-corrected chi connectivity index (χ2v) is 4.34. The van der Waals surface area contributed by atoms with Gasteiger partial charge in [-0.15, -0.1) is 0 Å². The number of hydrogen-bond donors (Lipinski definition) is 1. The topological polar surface area (TPSA) is 47.0 Å². The van der Waals surface area contributed by atoms with Crippen molar-refractivity contribution in [2.24, 2.45) is 0 Å². The van der Waals surface area contributed by atoms with E-state index in [1.807, 2.05) is 16.7 Å². The van der Waals surface area contributed by atoms with Crippen LogP contribution >= 0.6 is 23.8 Å². The maximum absolute atomic E-state index is 11.1. The summed E-state index contributed by atoms with van der Waals surface area (Å²) in [6.45, 7) is 0.478. The molecule has 6 heteroatoms. The molecule has 0 aliphatic carbocycles. The van der Waals surface area contributed by atoms with E-state index in [-0.39, 0.29) is 12.4 Å². The van der Waals surface area contributed by atoms with Gasteiger partial charge < -0.3 is 14.3 Å². The van der Waals surface area contributed by atoms with Crippen LogP contribution in [0.15, 0.2) is 18.2 Å². The number of ether oxygens (including phenoxy) is 1. The van der Waals surface area contributed by atoms with Crippen LogP contribution < -0.4 is 0 Å². The monoisotopic (exact) mass is 270 g/mol. The van der Waals surface area contributed by atoms with E-state index in [1.165, 1.54) is 7.11 Å². The number of para-hydroxylation sites is 1. The van der Waals surface area contributed by atoms with Crippen LogP contribution in [-0.4, -0.2) is 22.6 Å².